The Kier molecular flexibility index (Phi) is 5.21. The maximum Gasteiger partial charge on any atom is 0.250 e. The van der Waals surface area contributed by atoms with Crippen molar-refractivity contribution in [1.82, 2.24) is 14.5 Å². The SMILES string of the molecule is COc1cc(C=C2CCC(c3ccccc3)N(C)C2=O)ccc1-n1cnc(C)c1. The second kappa shape index (κ2) is 7.95. The van der Waals surface area contributed by atoms with Crippen molar-refractivity contribution < 1.29 is 9.53 Å². The largest absolute Gasteiger partial charge is 0.495 e. The van der Waals surface area contributed by atoms with E-state index in [4.69, 9.17) is 4.74 Å². The van der Waals surface area contributed by atoms with Crippen LogP contribution < -0.4 is 4.74 Å². The summed E-state index contributed by atoms with van der Waals surface area (Å²) in [4.78, 5) is 19.1. The quantitative estimate of drug-likeness (QED) is 0.616. The fourth-order valence-electron chi connectivity index (χ4n) is 3.91. The first-order valence-electron chi connectivity index (χ1n) is 9.78. The zero-order valence-electron chi connectivity index (χ0n) is 17.0. The van der Waals surface area contributed by atoms with Crippen LogP contribution in [0.3, 0.4) is 0 Å². The first-order valence-corrected chi connectivity index (χ1v) is 9.78. The van der Waals surface area contributed by atoms with Crippen LogP contribution in [-0.2, 0) is 4.79 Å². The molecular formula is C24H25N3O2. The Morgan fingerprint density at radius 3 is 2.66 bits per heavy atom. The minimum atomic E-state index is 0.0818. The predicted octanol–water partition coefficient (Wildman–Crippen LogP) is 4.57. The Hall–Kier alpha value is -3.34. The lowest BCUT2D eigenvalue weighted by molar-refractivity contribution is -0.129. The summed E-state index contributed by atoms with van der Waals surface area (Å²) in [6.07, 6.45) is 7.38. The lowest BCUT2D eigenvalue weighted by Gasteiger charge is -2.34. The molecule has 2 heterocycles. The van der Waals surface area contributed by atoms with Crippen molar-refractivity contribution in [3.05, 3.63) is 83.4 Å². The van der Waals surface area contributed by atoms with Gasteiger partial charge in [-0.25, -0.2) is 4.98 Å². The van der Waals surface area contributed by atoms with Gasteiger partial charge < -0.3 is 14.2 Å². The highest BCUT2D eigenvalue weighted by Gasteiger charge is 2.29. The molecule has 2 aromatic carbocycles. The molecule has 1 aliphatic rings. The highest BCUT2D eigenvalue weighted by molar-refractivity contribution is 5.98. The van der Waals surface area contributed by atoms with Crippen molar-refractivity contribution in [2.24, 2.45) is 0 Å². The third-order valence-electron chi connectivity index (χ3n) is 5.47. The molecule has 1 fully saturated rings. The first-order chi connectivity index (χ1) is 14.1. The summed E-state index contributed by atoms with van der Waals surface area (Å²) in [6.45, 7) is 1.95. The summed E-state index contributed by atoms with van der Waals surface area (Å²) in [6, 6.07) is 16.3. The minimum Gasteiger partial charge on any atom is -0.495 e. The van der Waals surface area contributed by atoms with Gasteiger partial charge in [-0.15, -0.1) is 0 Å². The van der Waals surface area contributed by atoms with Crippen LogP contribution in [0.1, 0.15) is 35.7 Å². The number of ether oxygens (including phenoxy) is 1. The van der Waals surface area contributed by atoms with Crippen molar-refractivity contribution in [2.75, 3.05) is 14.2 Å². The van der Waals surface area contributed by atoms with Crippen molar-refractivity contribution in [1.29, 1.82) is 0 Å². The lowest BCUT2D eigenvalue weighted by atomic mass is 9.91. The number of hydrogen-bond donors (Lipinski definition) is 0. The van der Waals surface area contributed by atoms with E-state index < -0.39 is 0 Å². The molecule has 0 saturated carbocycles. The number of piperidine rings is 1. The number of benzene rings is 2. The zero-order valence-corrected chi connectivity index (χ0v) is 17.0. The molecule has 3 aromatic rings. The Morgan fingerprint density at radius 1 is 1.17 bits per heavy atom. The van der Waals surface area contributed by atoms with Crippen LogP contribution >= 0.6 is 0 Å². The third-order valence-corrected chi connectivity index (χ3v) is 5.47. The van der Waals surface area contributed by atoms with Gasteiger partial charge in [0.05, 0.1) is 30.9 Å². The van der Waals surface area contributed by atoms with E-state index in [0.29, 0.717) is 0 Å². The van der Waals surface area contributed by atoms with Crippen LogP contribution in [0.25, 0.3) is 11.8 Å². The Bertz CT molecular complexity index is 1050. The molecule has 148 valence electrons. The highest BCUT2D eigenvalue weighted by Crippen LogP contribution is 2.34. The van der Waals surface area contributed by atoms with Gasteiger partial charge in [-0.3, -0.25) is 4.79 Å². The molecule has 0 spiro atoms. The molecule has 0 bridgehead atoms. The molecule has 0 aliphatic carbocycles. The Labute approximate surface area is 171 Å². The average molecular weight is 387 g/mol. The van der Waals surface area contributed by atoms with Gasteiger partial charge in [0.2, 0.25) is 5.91 Å². The van der Waals surface area contributed by atoms with Crippen LogP contribution in [0, 0.1) is 6.92 Å². The number of likely N-dealkylation sites (tertiary alicyclic amines) is 1. The minimum absolute atomic E-state index is 0.0818. The molecule has 1 atom stereocenters. The smallest absolute Gasteiger partial charge is 0.250 e. The molecule has 29 heavy (non-hydrogen) atoms. The Morgan fingerprint density at radius 2 is 1.97 bits per heavy atom. The molecule has 5 nitrogen and oxygen atoms in total. The summed E-state index contributed by atoms with van der Waals surface area (Å²) in [7, 11) is 3.54. The van der Waals surface area contributed by atoms with E-state index >= 15 is 0 Å². The summed E-state index contributed by atoms with van der Waals surface area (Å²) in [5.41, 5.74) is 4.84. The molecule has 1 saturated heterocycles. The molecule has 5 heteroatoms. The predicted molar refractivity (Wildman–Crippen MR) is 114 cm³/mol. The van der Waals surface area contributed by atoms with Gasteiger partial charge in [0.1, 0.15) is 5.75 Å². The fourth-order valence-corrected chi connectivity index (χ4v) is 3.91. The maximum atomic E-state index is 13.0. The summed E-state index contributed by atoms with van der Waals surface area (Å²) in [5, 5.41) is 0. The number of carbonyl (C=O) groups excluding carboxylic acids is 1. The topological polar surface area (TPSA) is 47.4 Å². The van der Waals surface area contributed by atoms with Crippen molar-refractivity contribution in [2.45, 2.75) is 25.8 Å². The van der Waals surface area contributed by atoms with Gasteiger partial charge in [0, 0.05) is 18.8 Å². The van der Waals surface area contributed by atoms with Gasteiger partial charge in [-0.2, -0.15) is 0 Å². The van der Waals surface area contributed by atoms with Crippen LogP contribution in [0.4, 0.5) is 0 Å². The molecule has 1 aromatic heterocycles. The maximum absolute atomic E-state index is 13.0. The van der Waals surface area contributed by atoms with Crippen molar-refractivity contribution >= 4 is 12.0 Å². The number of rotatable bonds is 4. The Balaban J connectivity index is 1.59. The van der Waals surface area contributed by atoms with E-state index in [1.54, 1.807) is 13.4 Å². The highest BCUT2D eigenvalue weighted by atomic mass is 16.5. The number of aromatic nitrogens is 2. The second-order valence-corrected chi connectivity index (χ2v) is 7.40. The fraction of sp³-hybridized carbons (Fsp3) is 0.250. The summed E-state index contributed by atoms with van der Waals surface area (Å²) >= 11 is 0. The normalized spacial score (nSPS) is 18.3. The molecule has 0 radical (unpaired) electrons. The van der Waals surface area contributed by atoms with E-state index in [1.165, 1.54) is 5.56 Å². The van der Waals surface area contributed by atoms with E-state index in [9.17, 15) is 4.79 Å². The second-order valence-electron chi connectivity index (χ2n) is 7.40. The standard InChI is InChI=1S/C24H25N3O2/c1-17-15-27(16-25-17)22-11-9-18(14-23(22)29-3)13-20-10-12-21(26(2)24(20)28)19-7-5-4-6-8-19/h4-9,11,13-16,21H,10,12H2,1-3H3. The van der Waals surface area contributed by atoms with Crippen LogP contribution in [0.5, 0.6) is 5.75 Å². The van der Waals surface area contributed by atoms with Gasteiger partial charge >= 0.3 is 0 Å². The van der Waals surface area contributed by atoms with Crippen LogP contribution in [0.2, 0.25) is 0 Å². The molecule has 1 unspecified atom stereocenters. The number of imidazole rings is 1. The molecular weight excluding hydrogens is 362 g/mol. The van der Waals surface area contributed by atoms with Gasteiger partial charge in [0.15, 0.2) is 0 Å². The van der Waals surface area contributed by atoms with Gasteiger partial charge in [-0.1, -0.05) is 36.4 Å². The van der Waals surface area contributed by atoms with Gasteiger partial charge in [0.25, 0.3) is 0 Å². The number of aryl methyl sites for hydroxylation is 1. The molecule has 4 rings (SSSR count). The van der Waals surface area contributed by atoms with E-state index in [0.717, 1.165) is 41.1 Å². The number of methoxy groups -OCH3 is 1. The number of nitrogens with zero attached hydrogens (tertiary/aromatic N) is 3. The monoisotopic (exact) mass is 387 g/mol. The third kappa shape index (κ3) is 3.81. The molecule has 0 N–H and O–H groups in total. The number of hydrogen-bond acceptors (Lipinski definition) is 3. The number of likely N-dealkylation sites (N-methyl/N-ethyl adjacent to an activating group) is 1. The number of amides is 1. The zero-order chi connectivity index (χ0) is 20.4. The van der Waals surface area contributed by atoms with Crippen molar-refractivity contribution in [3.8, 4) is 11.4 Å². The average Bonchev–Trinajstić information content (AvgIpc) is 3.18. The number of carbonyl (C=O) groups is 1. The van der Waals surface area contributed by atoms with Gasteiger partial charge in [-0.05, 0) is 49.1 Å². The summed E-state index contributed by atoms with van der Waals surface area (Å²) in [5.74, 6) is 0.828. The van der Waals surface area contributed by atoms with E-state index in [1.807, 2.05) is 72.1 Å². The van der Waals surface area contributed by atoms with E-state index in [-0.39, 0.29) is 11.9 Å². The van der Waals surface area contributed by atoms with E-state index in [2.05, 4.69) is 17.1 Å². The summed E-state index contributed by atoms with van der Waals surface area (Å²) < 4.78 is 7.53. The molecule has 1 aliphatic heterocycles. The molecule has 1 amide bonds. The van der Waals surface area contributed by atoms with Crippen LogP contribution in [-0.4, -0.2) is 34.5 Å². The lowest BCUT2D eigenvalue weighted by Crippen LogP contribution is -2.36. The van der Waals surface area contributed by atoms with Crippen LogP contribution in [0.15, 0.2) is 66.6 Å². The first kappa shape index (κ1) is 19.0. The van der Waals surface area contributed by atoms with Crippen molar-refractivity contribution in [3.63, 3.8) is 0 Å².